The molecule has 5 nitrogen and oxygen atoms in total. The van der Waals surface area contributed by atoms with Gasteiger partial charge in [0.1, 0.15) is 12.6 Å². The largest absolute Gasteiger partial charge is 1.00 e. The van der Waals surface area contributed by atoms with Crippen LogP contribution in [0.1, 0.15) is 28.3 Å². The zero-order valence-electron chi connectivity index (χ0n) is 15.9. The van der Waals surface area contributed by atoms with Gasteiger partial charge in [0.25, 0.3) is 0 Å². The van der Waals surface area contributed by atoms with Gasteiger partial charge in [-0.05, 0) is 35.4 Å². The molecule has 144 valence electrons. The molecule has 2 aromatic carbocycles. The molecule has 0 N–H and O–H groups in total. The van der Waals surface area contributed by atoms with E-state index in [1.165, 1.54) is 22.3 Å². The lowest BCUT2D eigenvalue weighted by Crippen LogP contribution is -3.00. The minimum atomic E-state index is 0. The molecule has 0 saturated heterocycles. The number of likely N-dealkylation sites (N-methyl/N-ethyl adjacent to an activating group) is 1. The van der Waals surface area contributed by atoms with E-state index in [9.17, 15) is 0 Å². The topological polar surface area (TPSA) is 36.9 Å². The molecule has 27 heavy (non-hydrogen) atoms. The van der Waals surface area contributed by atoms with Gasteiger partial charge in [0.15, 0.2) is 23.0 Å². The number of hydrogen-bond donors (Lipinski definition) is 0. The number of ether oxygens (including phenoxy) is 4. The lowest BCUT2D eigenvalue weighted by atomic mass is 9.81. The molecule has 0 saturated carbocycles. The van der Waals surface area contributed by atoms with Crippen LogP contribution in [0.4, 0.5) is 0 Å². The normalized spacial score (nSPS) is 24.2. The highest BCUT2D eigenvalue weighted by atomic mass is 127. The molecule has 3 aliphatic heterocycles. The Morgan fingerprint density at radius 3 is 2.30 bits per heavy atom. The van der Waals surface area contributed by atoms with E-state index in [1.54, 1.807) is 14.2 Å². The number of halogens is 1. The monoisotopic (exact) mass is 481 g/mol. The first-order valence-corrected chi connectivity index (χ1v) is 9.12. The Hall–Kier alpha value is -1.67. The smallest absolute Gasteiger partial charge is 0.231 e. The third-order valence-electron chi connectivity index (χ3n) is 6.29. The number of nitrogens with zero attached hydrogens (tertiary/aromatic N) is 1. The maximum absolute atomic E-state index is 5.65. The van der Waals surface area contributed by atoms with Gasteiger partial charge in [0.2, 0.25) is 6.79 Å². The molecule has 3 aliphatic rings. The number of methoxy groups -OCH3 is 2. The van der Waals surface area contributed by atoms with Crippen molar-refractivity contribution < 1.29 is 47.4 Å². The van der Waals surface area contributed by atoms with E-state index in [2.05, 4.69) is 31.3 Å². The van der Waals surface area contributed by atoms with E-state index in [0.717, 1.165) is 53.4 Å². The highest BCUT2D eigenvalue weighted by Gasteiger charge is 2.44. The molecule has 2 unspecified atom stereocenters. The van der Waals surface area contributed by atoms with Crippen molar-refractivity contribution in [3.63, 3.8) is 0 Å². The van der Waals surface area contributed by atoms with Crippen molar-refractivity contribution in [2.24, 2.45) is 0 Å². The number of fused-ring (bicyclic) bond motifs is 5. The van der Waals surface area contributed by atoms with Crippen molar-refractivity contribution in [2.75, 3.05) is 34.6 Å². The molecule has 0 spiro atoms. The number of hydrogen-bond acceptors (Lipinski definition) is 4. The molecule has 0 radical (unpaired) electrons. The second-order valence-electron chi connectivity index (χ2n) is 7.71. The number of rotatable bonds is 2. The van der Waals surface area contributed by atoms with Gasteiger partial charge in [-0.2, -0.15) is 0 Å². The standard InChI is InChI=1S/C21H24NO4.HI/c1-22-5-4-13-7-20-21(26-12-25-20)10-16(13)17(22)6-14-8-18(23-2)19(24-3)9-15(14)11-22;/h7-10,17H,4-6,11-12H2,1-3H3;1H/q+1;/p-1. The Labute approximate surface area is 176 Å². The van der Waals surface area contributed by atoms with Crippen molar-refractivity contribution in [3.8, 4) is 23.0 Å². The molecule has 3 heterocycles. The predicted molar refractivity (Wildman–Crippen MR) is 97.0 cm³/mol. The molecular weight excluding hydrogens is 457 g/mol. The van der Waals surface area contributed by atoms with Gasteiger partial charge in [0.05, 0.1) is 27.8 Å². The van der Waals surface area contributed by atoms with Crippen molar-refractivity contribution in [1.82, 2.24) is 0 Å². The quantitative estimate of drug-likeness (QED) is 0.455. The summed E-state index contributed by atoms with van der Waals surface area (Å²) in [5.74, 6) is 3.40. The molecule has 0 amide bonds. The summed E-state index contributed by atoms with van der Waals surface area (Å²) in [7, 11) is 5.77. The summed E-state index contributed by atoms with van der Waals surface area (Å²) in [5, 5.41) is 0. The third-order valence-corrected chi connectivity index (χ3v) is 6.29. The summed E-state index contributed by atoms with van der Waals surface area (Å²) in [6, 6.07) is 9.13. The van der Waals surface area contributed by atoms with Crippen LogP contribution >= 0.6 is 0 Å². The number of quaternary nitrogens is 1. The summed E-state index contributed by atoms with van der Waals surface area (Å²) in [4.78, 5) is 0. The number of benzene rings is 2. The zero-order chi connectivity index (χ0) is 17.9. The minimum Gasteiger partial charge on any atom is -1.00 e. The molecule has 2 atom stereocenters. The highest BCUT2D eigenvalue weighted by molar-refractivity contribution is 5.52. The molecule has 5 rings (SSSR count). The SMILES string of the molecule is COc1cc2c(cc1OC)C[N+]1(C)CCc3cc4c(cc3C1C2)OCO4.[I-]. The van der Waals surface area contributed by atoms with Crippen molar-refractivity contribution in [2.45, 2.75) is 25.4 Å². The van der Waals surface area contributed by atoms with Crippen molar-refractivity contribution >= 4 is 0 Å². The summed E-state index contributed by atoms with van der Waals surface area (Å²) in [6.45, 7) is 2.47. The molecule has 2 aromatic rings. The highest BCUT2D eigenvalue weighted by Crippen LogP contribution is 2.48. The third kappa shape index (κ3) is 2.84. The fraction of sp³-hybridized carbons (Fsp3) is 0.429. The summed E-state index contributed by atoms with van der Waals surface area (Å²) in [6.07, 6.45) is 2.07. The van der Waals surface area contributed by atoms with Crippen LogP contribution < -0.4 is 42.9 Å². The van der Waals surface area contributed by atoms with E-state index in [1.807, 2.05) is 0 Å². The zero-order valence-corrected chi connectivity index (χ0v) is 18.0. The average Bonchev–Trinajstić information content (AvgIpc) is 3.11. The van der Waals surface area contributed by atoms with Gasteiger partial charge >= 0.3 is 0 Å². The summed E-state index contributed by atoms with van der Waals surface area (Å²) >= 11 is 0. The minimum absolute atomic E-state index is 0. The first-order chi connectivity index (χ1) is 12.6. The van der Waals surface area contributed by atoms with Crippen LogP contribution in [0.3, 0.4) is 0 Å². The molecule has 0 aliphatic carbocycles. The van der Waals surface area contributed by atoms with E-state index in [0.29, 0.717) is 12.8 Å². The van der Waals surface area contributed by atoms with Crippen molar-refractivity contribution in [1.29, 1.82) is 0 Å². The summed E-state index contributed by atoms with van der Waals surface area (Å²) < 4.78 is 23.3. The molecule has 0 bridgehead atoms. The first-order valence-electron chi connectivity index (χ1n) is 9.12. The summed E-state index contributed by atoms with van der Waals surface area (Å²) in [5.41, 5.74) is 5.53. The van der Waals surface area contributed by atoms with Crippen LogP contribution in [0, 0.1) is 0 Å². The second kappa shape index (κ2) is 6.74. The van der Waals surface area contributed by atoms with Gasteiger partial charge in [-0.1, -0.05) is 0 Å². The fourth-order valence-electron chi connectivity index (χ4n) is 4.81. The second-order valence-corrected chi connectivity index (χ2v) is 7.71. The van der Waals surface area contributed by atoms with Crippen LogP contribution in [0.25, 0.3) is 0 Å². The van der Waals surface area contributed by atoms with Crippen LogP contribution in [0.5, 0.6) is 23.0 Å². The van der Waals surface area contributed by atoms with Gasteiger partial charge in [0, 0.05) is 24.0 Å². The van der Waals surface area contributed by atoms with Gasteiger partial charge < -0.3 is 47.4 Å². The van der Waals surface area contributed by atoms with Crippen LogP contribution in [-0.4, -0.2) is 39.1 Å². The van der Waals surface area contributed by atoms with E-state index >= 15 is 0 Å². The first kappa shape index (κ1) is 18.7. The average molecular weight is 481 g/mol. The van der Waals surface area contributed by atoms with Crippen LogP contribution in [0.15, 0.2) is 24.3 Å². The fourth-order valence-corrected chi connectivity index (χ4v) is 4.81. The van der Waals surface area contributed by atoms with Crippen molar-refractivity contribution in [3.05, 3.63) is 46.5 Å². The van der Waals surface area contributed by atoms with Crippen LogP contribution in [-0.2, 0) is 19.4 Å². The molecule has 0 fully saturated rings. The van der Waals surface area contributed by atoms with Gasteiger partial charge in [-0.3, -0.25) is 0 Å². The Morgan fingerprint density at radius 1 is 0.926 bits per heavy atom. The maximum Gasteiger partial charge on any atom is 0.231 e. The lowest BCUT2D eigenvalue weighted by molar-refractivity contribution is -0.956. The molecule has 6 heteroatoms. The molecular formula is C21H24INO4. The van der Waals surface area contributed by atoms with Gasteiger partial charge in [-0.15, -0.1) is 0 Å². The van der Waals surface area contributed by atoms with E-state index < -0.39 is 0 Å². The van der Waals surface area contributed by atoms with E-state index in [4.69, 9.17) is 18.9 Å². The lowest BCUT2D eigenvalue weighted by Gasteiger charge is -2.49. The maximum atomic E-state index is 5.65. The Kier molecular flexibility index (Phi) is 4.66. The predicted octanol–water partition coefficient (Wildman–Crippen LogP) is 0.237. The Morgan fingerprint density at radius 2 is 1.59 bits per heavy atom. The van der Waals surface area contributed by atoms with Crippen LogP contribution in [0.2, 0.25) is 0 Å². The van der Waals surface area contributed by atoms with E-state index in [-0.39, 0.29) is 24.0 Å². The molecule has 0 aromatic heterocycles. The Balaban J connectivity index is 0.00000180. The Bertz CT molecular complexity index is 900. The van der Waals surface area contributed by atoms with Gasteiger partial charge in [-0.25, -0.2) is 0 Å².